The van der Waals surface area contributed by atoms with E-state index in [1.54, 1.807) is 0 Å². The molecule has 54 heavy (non-hydrogen) atoms. The number of rotatable bonds is 0. The van der Waals surface area contributed by atoms with Crippen molar-refractivity contribution < 1.29 is 4.74 Å². The Balaban J connectivity index is 1.27. The van der Waals surface area contributed by atoms with E-state index in [4.69, 9.17) is 4.74 Å². The van der Waals surface area contributed by atoms with Crippen molar-refractivity contribution in [2.24, 2.45) is 0 Å². The number of benzene rings is 6. The summed E-state index contributed by atoms with van der Waals surface area (Å²) < 4.78 is 9.68. The normalized spacial score (nSPS) is 16.0. The molecule has 0 spiro atoms. The first-order chi connectivity index (χ1) is 25.8. The number of fused-ring (bicyclic) bond motifs is 14. The molecule has 0 atom stereocenters. The zero-order valence-corrected chi connectivity index (χ0v) is 33.0. The fourth-order valence-corrected chi connectivity index (χ4v) is 11.9. The van der Waals surface area contributed by atoms with Crippen LogP contribution in [0.1, 0.15) is 77.6 Å². The molecule has 4 aliphatic heterocycles. The van der Waals surface area contributed by atoms with E-state index in [0.717, 1.165) is 11.5 Å². The van der Waals surface area contributed by atoms with Crippen molar-refractivity contribution >= 4 is 73.0 Å². The van der Waals surface area contributed by atoms with Gasteiger partial charge in [-0.25, -0.2) is 0 Å². The molecule has 0 saturated carbocycles. The van der Waals surface area contributed by atoms with Crippen LogP contribution in [0, 0.1) is 0 Å². The fourth-order valence-electron chi connectivity index (χ4n) is 10.6. The Hall–Kier alpha value is -4.99. The molecule has 0 unspecified atom stereocenters. The average Bonchev–Trinajstić information content (AvgIpc) is 3.63. The molecule has 0 radical (unpaired) electrons. The maximum Gasteiger partial charge on any atom is 0.329 e. The fraction of sp³-hybridized carbons (Fsp3) is 0.224. The van der Waals surface area contributed by atoms with Crippen molar-refractivity contribution in [3.63, 3.8) is 0 Å². The van der Waals surface area contributed by atoms with Crippen LogP contribution in [0.25, 0.3) is 43.5 Å². The quantitative estimate of drug-likeness (QED) is 0.145. The maximum absolute atomic E-state index is 7.07. The van der Waals surface area contributed by atoms with Crippen molar-refractivity contribution in [1.82, 2.24) is 0 Å². The summed E-state index contributed by atoms with van der Waals surface area (Å²) in [7, 11) is 0. The molecule has 5 aliphatic rings. The molecular weight excluding hydrogens is 672 g/mol. The maximum atomic E-state index is 7.07. The summed E-state index contributed by atoms with van der Waals surface area (Å²) in [6.45, 7) is 19.1. The number of anilines is 2. The van der Waals surface area contributed by atoms with E-state index in [2.05, 4.69) is 163 Å². The number of hydrogen-bond acceptors (Lipinski definition) is 3. The number of ether oxygens (including phenoxy) is 1. The molecule has 260 valence electrons. The smallest absolute Gasteiger partial charge is 0.329 e. The third kappa shape index (κ3) is 3.75. The molecule has 1 aromatic heterocycles. The topological polar surface area (TPSA) is 12.5 Å². The summed E-state index contributed by atoms with van der Waals surface area (Å²) in [6.07, 6.45) is 0. The van der Waals surface area contributed by atoms with Gasteiger partial charge in [-0.05, 0) is 108 Å². The summed E-state index contributed by atoms with van der Waals surface area (Å²) in [5.74, 6) is 2.03. The van der Waals surface area contributed by atoms with Crippen LogP contribution in [0.4, 0.5) is 11.4 Å². The van der Waals surface area contributed by atoms with Gasteiger partial charge in [0, 0.05) is 42.8 Å². The first-order valence-electron chi connectivity index (χ1n) is 19.6. The lowest BCUT2D eigenvalue weighted by Crippen LogP contribution is -2.68. The van der Waals surface area contributed by atoms with Crippen molar-refractivity contribution in [3.8, 4) is 44.9 Å². The van der Waals surface area contributed by atoms with Crippen molar-refractivity contribution in [3.05, 3.63) is 125 Å². The lowest BCUT2D eigenvalue weighted by atomic mass is 9.32. The van der Waals surface area contributed by atoms with Crippen molar-refractivity contribution in [2.45, 2.75) is 71.6 Å². The Morgan fingerprint density at radius 1 is 0.593 bits per heavy atom. The summed E-state index contributed by atoms with van der Waals surface area (Å²) in [5, 5.41) is 1.21. The van der Waals surface area contributed by atoms with Gasteiger partial charge < -0.3 is 9.55 Å². The molecule has 5 heteroatoms. The van der Waals surface area contributed by atoms with Crippen LogP contribution in [-0.2, 0) is 16.2 Å². The summed E-state index contributed by atoms with van der Waals surface area (Å²) >= 11 is 1.91. The van der Waals surface area contributed by atoms with Crippen LogP contribution in [0.3, 0.4) is 0 Å². The van der Waals surface area contributed by atoms with Gasteiger partial charge in [0.2, 0.25) is 0 Å². The van der Waals surface area contributed by atoms with Crippen LogP contribution in [0.15, 0.2) is 103 Å². The Labute approximate surface area is 323 Å². The SMILES string of the molecule is CC(C)(C)c1ccc2c(c1)B1c3cc4c(cc3-c3cc(C(C)(C)C)cc5c3N1c1c-2ccc2c1B5c1sc3ccccc3c1O2)C(C)(C)c1ccccc1-4. The van der Waals surface area contributed by atoms with Crippen molar-refractivity contribution in [2.75, 3.05) is 4.81 Å². The second-order valence-electron chi connectivity index (χ2n) is 18.9. The lowest BCUT2D eigenvalue weighted by molar-refractivity contribution is 0.495. The zero-order valence-electron chi connectivity index (χ0n) is 32.2. The van der Waals surface area contributed by atoms with E-state index >= 15 is 0 Å². The molecule has 0 amide bonds. The first kappa shape index (κ1) is 31.4. The lowest BCUT2D eigenvalue weighted by Gasteiger charge is -2.50. The van der Waals surface area contributed by atoms with Gasteiger partial charge in [0.15, 0.2) is 0 Å². The number of hydrogen-bond donors (Lipinski definition) is 0. The molecule has 0 bridgehead atoms. The van der Waals surface area contributed by atoms with Crippen molar-refractivity contribution in [1.29, 1.82) is 0 Å². The molecule has 1 aliphatic carbocycles. The second kappa shape index (κ2) is 9.81. The molecule has 12 rings (SSSR count). The highest BCUT2D eigenvalue weighted by Crippen LogP contribution is 2.54. The van der Waals surface area contributed by atoms with Gasteiger partial charge in [-0.1, -0.05) is 128 Å². The van der Waals surface area contributed by atoms with Crippen LogP contribution in [0.2, 0.25) is 0 Å². The number of nitrogens with zero attached hydrogens (tertiary/aromatic N) is 1. The monoisotopic (exact) mass is 713 g/mol. The van der Waals surface area contributed by atoms with E-state index < -0.39 is 0 Å². The van der Waals surface area contributed by atoms with Gasteiger partial charge in [0.1, 0.15) is 11.5 Å². The highest BCUT2D eigenvalue weighted by atomic mass is 32.1. The first-order valence-corrected chi connectivity index (χ1v) is 20.4. The van der Waals surface area contributed by atoms with E-state index in [1.807, 2.05) is 11.3 Å². The van der Waals surface area contributed by atoms with E-state index in [0.29, 0.717) is 0 Å². The van der Waals surface area contributed by atoms with Gasteiger partial charge in [-0.2, -0.15) is 0 Å². The third-order valence-corrected chi connectivity index (χ3v) is 14.6. The molecule has 7 aromatic rings. The minimum Gasteiger partial charge on any atom is -0.457 e. The summed E-state index contributed by atoms with van der Waals surface area (Å²) in [4.78, 5) is 2.76. The molecule has 2 nitrogen and oxygen atoms in total. The predicted octanol–water partition coefficient (Wildman–Crippen LogP) is 9.64. The Bertz CT molecular complexity index is 2880. The minimum absolute atomic E-state index is 0.0205. The highest BCUT2D eigenvalue weighted by molar-refractivity contribution is 7.33. The van der Waals surface area contributed by atoms with Gasteiger partial charge in [-0.15, -0.1) is 11.3 Å². The Morgan fingerprint density at radius 3 is 2.13 bits per heavy atom. The largest absolute Gasteiger partial charge is 0.457 e. The molecule has 0 fully saturated rings. The van der Waals surface area contributed by atoms with Crippen LogP contribution in [-0.4, -0.2) is 13.6 Å². The van der Waals surface area contributed by atoms with Crippen LogP contribution in [0.5, 0.6) is 11.5 Å². The minimum atomic E-state index is -0.0922. The summed E-state index contributed by atoms with van der Waals surface area (Å²) in [6, 6.07) is 40.2. The van der Waals surface area contributed by atoms with Crippen LogP contribution < -0.4 is 36.2 Å². The molecule has 5 heterocycles. The van der Waals surface area contributed by atoms with E-state index in [1.165, 1.54) is 104 Å². The highest BCUT2D eigenvalue weighted by Gasteiger charge is 2.53. The zero-order chi connectivity index (χ0) is 36.8. The number of thiophene rings is 1. The molecule has 6 aromatic carbocycles. The molecule has 0 N–H and O–H groups in total. The van der Waals surface area contributed by atoms with Gasteiger partial charge in [0.25, 0.3) is 6.71 Å². The van der Waals surface area contributed by atoms with Crippen LogP contribution >= 0.6 is 11.3 Å². The molecule has 0 saturated heterocycles. The van der Waals surface area contributed by atoms with Gasteiger partial charge >= 0.3 is 6.85 Å². The van der Waals surface area contributed by atoms with Gasteiger partial charge in [-0.3, -0.25) is 0 Å². The standard InChI is InChI=1S/C49H41B2NOS/c1-47(2,3)26-17-18-29-30-19-20-40-42-44(30)52-43-34(21-27(48(4,5)6)23-39(43)50(42)46-45(53-40)31-14-10-12-16-41(31)54-46)33-24-36-32(25-38(33)51(52)37(29)22-26)28-13-9-11-15-35(28)49(36,7)8/h9-25H,1-8H3. The predicted molar refractivity (Wildman–Crippen MR) is 232 cm³/mol. The van der Waals surface area contributed by atoms with Gasteiger partial charge in [0.05, 0.1) is 0 Å². The Morgan fingerprint density at radius 2 is 1.31 bits per heavy atom. The second-order valence-corrected chi connectivity index (χ2v) is 20.0. The summed E-state index contributed by atoms with van der Waals surface area (Å²) in [5.41, 5.74) is 21.9. The third-order valence-electron chi connectivity index (χ3n) is 13.4. The molecular formula is C49H41B2NOS. The van der Waals surface area contributed by atoms with E-state index in [-0.39, 0.29) is 29.8 Å². The average molecular weight is 714 g/mol. The van der Waals surface area contributed by atoms with E-state index in [9.17, 15) is 0 Å². The Kier molecular flexibility index (Phi) is 5.70.